The fourth-order valence-electron chi connectivity index (χ4n) is 4.19. The van der Waals surface area contributed by atoms with Crippen LogP contribution in [0, 0.1) is 0 Å². The van der Waals surface area contributed by atoms with Gasteiger partial charge in [0.1, 0.15) is 11.5 Å². The minimum Gasteiger partial charge on any atom is -0.480 e. The number of fused-ring (bicyclic) bond motifs is 1. The fraction of sp³-hybridized carbons (Fsp3) is 0.214. The molecule has 4 rings (SSSR count). The number of amides is 3. The molecule has 2 aromatic heterocycles. The molecule has 0 saturated carbocycles. The van der Waals surface area contributed by atoms with Crippen LogP contribution in [-0.2, 0) is 22.6 Å². The molecule has 3 aromatic rings. The number of hydrogen-bond acceptors (Lipinski definition) is 6. The van der Waals surface area contributed by atoms with Gasteiger partial charge < -0.3 is 25.1 Å². The van der Waals surface area contributed by atoms with Crippen LogP contribution in [0.2, 0.25) is 10.0 Å². The van der Waals surface area contributed by atoms with Crippen LogP contribution in [0.4, 0.5) is 0 Å². The number of nitrogens with one attached hydrogen (secondary N) is 2. The molecule has 40 heavy (non-hydrogen) atoms. The standard InChI is InChI=1S/C28H25Cl2N3O6S/c1-15(5-6-17-8-10-39-16(17)2)27(36)33-9-7-19-18(14-33)12-20(29)23(24(19)30)26(35)32-21(28(37)38)13-31-25(34)22-4-3-11-40-22/h3-6,8,10-12,21H,2,7,9,13-14H2,1H3,(H,31,34)(H,32,35)(H,37,38)/b15-5+,17-6-/t21-/m0/s1. The molecule has 0 radical (unpaired) electrons. The van der Waals surface area contributed by atoms with E-state index >= 15 is 0 Å². The smallest absolute Gasteiger partial charge is 0.328 e. The average Bonchev–Trinajstić information content (AvgIpc) is 3.60. The highest BCUT2D eigenvalue weighted by molar-refractivity contribution is 7.12. The third kappa shape index (κ3) is 6.47. The summed E-state index contributed by atoms with van der Waals surface area (Å²) in [6, 6.07) is 5.21. The van der Waals surface area contributed by atoms with E-state index in [0.717, 1.165) is 5.22 Å². The van der Waals surface area contributed by atoms with Gasteiger partial charge in [-0.25, -0.2) is 4.79 Å². The van der Waals surface area contributed by atoms with E-state index in [1.807, 2.05) is 0 Å². The number of aliphatic carboxylic acids is 1. The van der Waals surface area contributed by atoms with Gasteiger partial charge in [-0.3, -0.25) is 14.4 Å². The quantitative estimate of drug-likeness (QED) is 0.340. The molecule has 12 heteroatoms. The monoisotopic (exact) mass is 601 g/mol. The molecule has 1 aliphatic heterocycles. The molecule has 208 valence electrons. The zero-order valence-electron chi connectivity index (χ0n) is 21.3. The van der Waals surface area contributed by atoms with Gasteiger partial charge in [-0.1, -0.05) is 48.0 Å². The number of benzene rings is 1. The Bertz CT molecular complexity index is 1610. The first-order valence-corrected chi connectivity index (χ1v) is 13.8. The van der Waals surface area contributed by atoms with Crippen molar-refractivity contribution in [3.05, 3.63) is 89.8 Å². The highest BCUT2D eigenvalue weighted by atomic mass is 35.5. The van der Waals surface area contributed by atoms with Crippen molar-refractivity contribution >= 4 is 70.9 Å². The van der Waals surface area contributed by atoms with Crippen LogP contribution in [0.15, 0.2) is 52.0 Å². The number of carboxylic acid groups (broad SMARTS) is 1. The van der Waals surface area contributed by atoms with Gasteiger partial charge in [0, 0.05) is 30.4 Å². The number of halogens is 2. The predicted molar refractivity (Wildman–Crippen MR) is 153 cm³/mol. The molecule has 0 unspecified atom stereocenters. The summed E-state index contributed by atoms with van der Waals surface area (Å²) in [6.45, 7) is 5.75. The van der Waals surface area contributed by atoms with Gasteiger partial charge in [-0.15, -0.1) is 11.3 Å². The number of allylic oxidation sites excluding steroid dienone is 1. The fourth-order valence-corrected chi connectivity index (χ4v) is 5.59. The van der Waals surface area contributed by atoms with Crippen molar-refractivity contribution in [3.63, 3.8) is 0 Å². The molecule has 0 aliphatic carbocycles. The number of carbonyl (C=O) groups is 4. The van der Waals surface area contributed by atoms with Gasteiger partial charge >= 0.3 is 5.97 Å². The number of carboxylic acids is 1. The molecule has 1 aromatic carbocycles. The van der Waals surface area contributed by atoms with Gasteiger partial charge in [0.05, 0.1) is 26.7 Å². The molecule has 3 amide bonds. The number of nitrogens with zero attached hydrogens (tertiary/aromatic N) is 1. The average molecular weight is 602 g/mol. The third-order valence-corrected chi connectivity index (χ3v) is 7.95. The Morgan fingerprint density at radius 3 is 2.67 bits per heavy atom. The Balaban J connectivity index is 1.47. The summed E-state index contributed by atoms with van der Waals surface area (Å²) in [7, 11) is 0. The summed E-state index contributed by atoms with van der Waals surface area (Å²) in [5.41, 5.74) is 2.31. The molecular weight excluding hydrogens is 577 g/mol. The molecule has 9 nitrogen and oxygen atoms in total. The highest BCUT2D eigenvalue weighted by Crippen LogP contribution is 2.35. The first kappa shape index (κ1) is 29.1. The maximum absolute atomic E-state index is 13.1. The van der Waals surface area contributed by atoms with E-state index in [1.54, 1.807) is 53.6 Å². The number of carbonyl (C=O) groups excluding carboxylic acids is 3. The van der Waals surface area contributed by atoms with Gasteiger partial charge in [-0.2, -0.15) is 0 Å². The summed E-state index contributed by atoms with van der Waals surface area (Å²) in [5, 5.41) is 17.1. The van der Waals surface area contributed by atoms with Gasteiger partial charge in [-0.05, 0) is 48.1 Å². The van der Waals surface area contributed by atoms with Crippen molar-refractivity contribution in [3.8, 4) is 0 Å². The van der Waals surface area contributed by atoms with E-state index in [1.165, 1.54) is 17.6 Å². The first-order valence-electron chi connectivity index (χ1n) is 12.1. The number of hydrogen-bond donors (Lipinski definition) is 3. The Morgan fingerprint density at radius 2 is 2.02 bits per heavy atom. The van der Waals surface area contributed by atoms with E-state index < -0.39 is 23.8 Å². The van der Waals surface area contributed by atoms with Crippen molar-refractivity contribution in [2.45, 2.75) is 25.9 Å². The van der Waals surface area contributed by atoms with Gasteiger partial charge in [0.15, 0.2) is 0 Å². The van der Waals surface area contributed by atoms with Crippen LogP contribution in [-0.4, -0.2) is 52.8 Å². The largest absolute Gasteiger partial charge is 0.480 e. The number of thiophene rings is 1. The molecule has 1 atom stereocenters. The summed E-state index contributed by atoms with van der Waals surface area (Å²) >= 11 is 14.2. The van der Waals surface area contributed by atoms with E-state index in [2.05, 4.69) is 17.2 Å². The number of furan rings is 1. The van der Waals surface area contributed by atoms with Crippen molar-refractivity contribution in [2.24, 2.45) is 0 Å². The van der Waals surface area contributed by atoms with E-state index in [4.69, 9.17) is 27.6 Å². The van der Waals surface area contributed by atoms with Crippen molar-refractivity contribution in [1.82, 2.24) is 15.5 Å². The molecular formula is C28H25Cl2N3O6S. The summed E-state index contributed by atoms with van der Waals surface area (Å²) in [5.74, 6) is -2.73. The van der Waals surface area contributed by atoms with Crippen molar-refractivity contribution in [2.75, 3.05) is 13.1 Å². The Morgan fingerprint density at radius 1 is 1.25 bits per heavy atom. The predicted octanol–water partition coefficient (Wildman–Crippen LogP) is 2.98. The van der Waals surface area contributed by atoms with Crippen molar-refractivity contribution in [1.29, 1.82) is 0 Å². The van der Waals surface area contributed by atoms with Crippen LogP contribution in [0.25, 0.3) is 12.7 Å². The molecule has 3 N–H and O–H groups in total. The minimum absolute atomic E-state index is 0.0193. The summed E-state index contributed by atoms with van der Waals surface area (Å²) < 4.78 is 5.16. The lowest BCUT2D eigenvalue weighted by molar-refractivity contribution is -0.139. The maximum atomic E-state index is 13.1. The lowest BCUT2D eigenvalue weighted by atomic mass is 9.96. The normalized spacial score (nSPS) is 14.4. The zero-order chi connectivity index (χ0) is 29.0. The number of rotatable bonds is 8. The maximum Gasteiger partial charge on any atom is 0.328 e. The molecule has 0 spiro atoms. The Labute approximate surface area is 243 Å². The Hall–Kier alpha value is -3.86. The molecule has 0 saturated heterocycles. The lowest BCUT2D eigenvalue weighted by Gasteiger charge is -2.30. The Kier molecular flexibility index (Phi) is 9.14. The lowest BCUT2D eigenvalue weighted by Crippen LogP contribution is -2.48. The van der Waals surface area contributed by atoms with E-state index in [9.17, 15) is 24.3 Å². The van der Waals surface area contributed by atoms with E-state index in [0.29, 0.717) is 40.0 Å². The highest BCUT2D eigenvalue weighted by Gasteiger charge is 2.29. The van der Waals surface area contributed by atoms with Crippen LogP contribution < -0.4 is 21.3 Å². The van der Waals surface area contributed by atoms with Gasteiger partial charge in [0.2, 0.25) is 5.91 Å². The van der Waals surface area contributed by atoms with E-state index in [-0.39, 0.29) is 34.6 Å². The second-order valence-corrected chi connectivity index (χ2v) is 10.8. The zero-order valence-corrected chi connectivity index (χ0v) is 23.7. The second kappa shape index (κ2) is 12.5. The summed E-state index contributed by atoms with van der Waals surface area (Å²) in [6.07, 6.45) is 5.35. The molecule has 3 heterocycles. The third-order valence-electron chi connectivity index (χ3n) is 6.36. The van der Waals surface area contributed by atoms with Crippen LogP contribution in [0.3, 0.4) is 0 Å². The molecule has 1 aliphatic rings. The van der Waals surface area contributed by atoms with Crippen LogP contribution in [0.5, 0.6) is 0 Å². The van der Waals surface area contributed by atoms with Gasteiger partial charge in [0.25, 0.3) is 11.8 Å². The van der Waals surface area contributed by atoms with Crippen LogP contribution in [0.1, 0.15) is 38.1 Å². The molecule has 0 fully saturated rings. The summed E-state index contributed by atoms with van der Waals surface area (Å²) in [4.78, 5) is 52.2. The van der Waals surface area contributed by atoms with Crippen molar-refractivity contribution < 1.29 is 28.7 Å². The van der Waals surface area contributed by atoms with Crippen LogP contribution >= 0.6 is 34.5 Å². The molecule has 0 bridgehead atoms. The second-order valence-electron chi connectivity index (χ2n) is 9.03. The minimum atomic E-state index is -1.42. The SMILES string of the molecule is C=c1occ/c1=C/C=C(\C)C(=O)N1CCc2c(cc(Cl)c(C(=O)N[C@@H](CNC(=O)c3cccs3)C(=O)O)c2Cl)C1. The first-order chi connectivity index (χ1) is 19.1. The topological polar surface area (TPSA) is 129 Å².